The van der Waals surface area contributed by atoms with Crippen LogP contribution < -0.4 is 0 Å². The molecule has 1 N–H and O–H groups in total. The molecule has 22 heavy (non-hydrogen) atoms. The summed E-state index contributed by atoms with van der Waals surface area (Å²) in [4.78, 5) is 24.8. The van der Waals surface area contributed by atoms with Crippen molar-refractivity contribution in [3.05, 3.63) is 59.3 Å². The molecule has 1 heterocycles. The fourth-order valence-corrected chi connectivity index (χ4v) is 2.22. The number of amides is 1. The minimum absolute atomic E-state index is 0.0341. The lowest BCUT2D eigenvalue weighted by atomic mass is 10.1. The van der Waals surface area contributed by atoms with E-state index in [2.05, 4.69) is 0 Å². The average molecular weight is 305 g/mol. The SMILES string of the molecule is CCN(C(=O)c1cc(C(=O)O)co1)C(C)c1ccc(F)cc1. The van der Waals surface area contributed by atoms with Crippen molar-refractivity contribution in [3.8, 4) is 0 Å². The third-order valence-corrected chi connectivity index (χ3v) is 3.48. The van der Waals surface area contributed by atoms with Gasteiger partial charge in [0.25, 0.3) is 5.91 Å². The molecule has 2 aromatic rings. The first-order valence-corrected chi connectivity index (χ1v) is 6.82. The molecule has 116 valence electrons. The van der Waals surface area contributed by atoms with Crippen LogP contribution in [0, 0.1) is 5.82 Å². The molecule has 0 fully saturated rings. The van der Waals surface area contributed by atoms with E-state index in [1.807, 2.05) is 6.92 Å². The molecule has 0 saturated carbocycles. The quantitative estimate of drug-likeness (QED) is 0.919. The van der Waals surface area contributed by atoms with Gasteiger partial charge in [-0.25, -0.2) is 9.18 Å². The van der Waals surface area contributed by atoms with E-state index in [1.54, 1.807) is 19.1 Å². The van der Waals surface area contributed by atoms with Gasteiger partial charge >= 0.3 is 5.97 Å². The van der Waals surface area contributed by atoms with Crippen LogP contribution >= 0.6 is 0 Å². The highest BCUT2D eigenvalue weighted by atomic mass is 19.1. The van der Waals surface area contributed by atoms with E-state index in [1.165, 1.54) is 23.1 Å². The van der Waals surface area contributed by atoms with E-state index in [9.17, 15) is 14.0 Å². The van der Waals surface area contributed by atoms with Gasteiger partial charge in [0.15, 0.2) is 5.76 Å². The number of carboxylic acids is 1. The summed E-state index contributed by atoms with van der Waals surface area (Å²) in [5.41, 5.74) is 0.704. The van der Waals surface area contributed by atoms with Gasteiger partial charge in [0, 0.05) is 12.6 Å². The van der Waals surface area contributed by atoms with Gasteiger partial charge in [-0.2, -0.15) is 0 Å². The molecule has 0 aliphatic rings. The number of aromatic carboxylic acids is 1. The van der Waals surface area contributed by atoms with Gasteiger partial charge in [0.05, 0.1) is 11.6 Å². The predicted molar refractivity (Wildman–Crippen MR) is 77.2 cm³/mol. The Labute approximate surface area is 127 Å². The summed E-state index contributed by atoms with van der Waals surface area (Å²) in [5.74, 6) is -1.94. The minimum Gasteiger partial charge on any atom is -0.478 e. The van der Waals surface area contributed by atoms with Gasteiger partial charge in [-0.1, -0.05) is 12.1 Å². The molecular formula is C16H16FNO4. The standard InChI is InChI=1S/C16H16FNO4/c1-3-18(10(2)11-4-6-13(17)7-5-11)15(19)14-8-12(9-22-14)16(20)21/h4-10H,3H2,1-2H3,(H,20,21). The summed E-state index contributed by atoms with van der Waals surface area (Å²) >= 11 is 0. The van der Waals surface area contributed by atoms with Crippen molar-refractivity contribution in [1.29, 1.82) is 0 Å². The summed E-state index contributed by atoms with van der Waals surface area (Å²) in [6.07, 6.45) is 1.03. The fraction of sp³-hybridized carbons (Fsp3) is 0.250. The minimum atomic E-state index is -1.16. The van der Waals surface area contributed by atoms with Crippen molar-refractivity contribution in [3.63, 3.8) is 0 Å². The zero-order valence-electron chi connectivity index (χ0n) is 12.2. The average Bonchev–Trinajstić information content (AvgIpc) is 2.98. The summed E-state index contributed by atoms with van der Waals surface area (Å²) in [7, 11) is 0. The maximum atomic E-state index is 13.0. The highest BCUT2D eigenvalue weighted by Crippen LogP contribution is 2.23. The largest absolute Gasteiger partial charge is 0.478 e. The van der Waals surface area contributed by atoms with E-state index in [0.717, 1.165) is 11.8 Å². The molecule has 0 saturated heterocycles. The number of furan rings is 1. The Morgan fingerprint density at radius 2 is 1.95 bits per heavy atom. The van der Waals surface area contributed by atoms with Gasteiger partial charge in [0.2, 0.25) is 0 Å². The topological polar surface area (TPSA) is 70.8 Å². The first-order chi connectivity index (χ1) is 10.4. The first kappa shape index (κ1) is 15.8. The molecular weight excluding hydrogens is 289 g/mol. The Morgan fingerprint density at radius 1 is 1.32 bits per heavy atom. The normalized spacial score (nSPS) is 12.0. The molecule has 5 nitrogen and oxygen atoms in total. The monoisotopic (exact) mass is 305 g/mol. The van der Waals surface area contributed by atoms with Crippen LogP contribution in [0.2, 0.25) is 0 Å². The maximum Gasteiger partial charge on any atom is 0.338 e. The number of hydrogen-bond acceptors (Lipinski definition) is 3. The summed E-state index contributed by atoms with van der Waals surface area (Å²) in [5, 5.41) is 8.87. The van der Waals surface area contributed by atoms with E-state index in [0.29, 0.717) is 6.54 Å². The van der Waals surface area contributed by atoms with Crippen LogP contribution in [0.5, 0.6) is 0 Å². The zero-order chi connectivity index (χ0) is 16.3. The van der Waals surface area contributed by atoms with Crippen molar-refractivity contribution in [1.82, 2.24) is 4.90 Å². The molecule has 1 atom stereocenters. The molecule has 0 aliphatic heterocycles. The van der Waals surface area contributed by atoms with Crippen molar-refractivity contribution in [2.45, 2.75) is 19.9 Å². The Balaban J connectivity index is 2.24. The Bertz CT molecular complexity index is 678. The Kier molecular flexibility index (Phi) is 4.60. The number of hydrogen-bond donors (Lipinski definition) is 1. The van der Waals surface area contributed by atoms with Crippen molar-refractivity contribution < 1.29 is 23.5 Å². The number of carbonyl (C=O) groups excluding carboxylic acids is 1. The molecule has 1 amide bonds. The smallest absolute Gasteiger partial charge is 0.338 e. The lowest BCUT2D eigenvalue weighted by Crippen LogP contribution is -2.33. The highest BCUT2D eigenvalue weighted by molar-refractivity contribution is 5.95. The maximum absolute atomic E-state index is 13.0. The highest BCUT2D eigenvalue weighted by Gasteiger charge is 2.24. The third kappa shape index (κ3) is 3.16. The summed E-state index contributed by atoms with van der Waals surface area (Å²) < 4.78 is 18.0. The summed E-state index contributed by atoms with van der Waals surface area (Å²) in [6, 6.07) is 6.79. The van der Waals surface area contributed by atoms with Crippen LogP contribution in [-0.4, -0.2) is 28.4 Å². The number of benzene rings is 1. The van der Waals surface area contributed by atoms with Crippen molar-refractivity contribution in [2.24, 2.45) is 0 Å². The molecule has 1 unspecified atom stereocenters. The van der Waals surface area contributed by atoms with Crippen molar-refractivity contribution >= 4 is 11.9 Å². The lowest BCUT2D eigenvalue weighted by Gasteiger charge is -2.27. The number of carbonyl (C=O) groups is 2. The van der Waals surface area contributed by atoms with E-state index >= 15 is 0 Å². The van der Waals surface area contributed by atoms with Crippen LogP contribution in [0.25, 0.3) is 0 Å². The second-order valence-corrected chi connectivity index (χ2v) is 4.82. The van der Waals surface area contributed by atoms with Crippen LogP contribution in [0.4, 0.5) is 4.39 Å². The van der Waals surface area contributed by atoms with Gasteiger partial charge in [-0.05, 0) is 31.5 Å². The summed E-state index contributed by atoms with van der Waals surface area (Å²) in [6.45, 7) is 4.02. The molecule has 0 aliphatic carbocycles. The number of carboxylic acid groups (broad SMARTS) is 1. The van der Waals surface area contributed by atoms with Crippen LogP contribution in [0.3, 0.4) is 0 Å². The number of halogens is 1. The van der Waals surface area contributed by atoms with Crippen molar-refractivity contribution in [2.75, 3.05) is 6.54 Å². The lowest BCUT2D eigenvalue weighted by molar-refractivity contribution is 0.0667. The van der Waals surface area contributed by atoms with Crippen LogP contribution in [0.15, 0.2) is 41.0 Å². The van der Waals surface area contributed by atoms with Gasteiger partial charge in [0.1, 0.15) is 12.1 Å². The first-order valence-electron chi connectivity index (χ1n) is 6.82. The molecule has 0 spiro atoms. The Morgan fingerprint density at radius 3 is 2.45 bits per heavy atom. The molecule has 1 aromatic carbocycles. The van der Waals surface area contributed by atoms with E-state index in [-0.39, 0.29) is 23.2 Å². The van der Waals surface area contributed by atoms with Gasteiger partial charge < -0.3 is 14.4 Å². The molecule has 2 rings (SSSR count). The molecule has 0 bridgehead atoms. The fourth-order valence-electron chi connectivity index (χ4n) is 2.22. The second kappa shape index (κ2) is 6.43. The Hall–Kier alpha value is -2.63. The predicted octanol–water partition coefficient (Wildman–Crippen LogP) is 3.34. The van der Waals surface area contributed by atoms with E-state index in [4.69, 9.17) is 9.52 Å². The van der Waals surface area contributed by atoms with Crippen LogP contribution in [0.1, 0.15) is 46.4 Å². The zero-order valence-corrected chi connectivity index (χ0v) is 12.2. The molecule has 1 aromatic heterocycles. The molecule has 0 radical (unpaired) electrons. The second-order valence-electron chi connectivity index (χ2n) is 4.82. The number of rotatable bonds is 5. The third-order valence-electron chi connectivity index (χ3n) is 3.48. The number of nitrogens with zero attached hydrogens (tertiary/aromatic N) is 1. The van der Waals surface area contributed by atoms with Gasteiger partial charge in [-0.3, -0.25) is 4.79 Å². The van der Waals surface area contributed by atoms with Crippen LogP contribution in [-0.2, 0) is 0 Å². The molecule has 6 heteroatoms. The van der Waals surface area contributed by atoms with Gasteiger partial charge in [-0.15, -0.1) is 0 Å². The van der Waals surface area contributed by atoms with E-state index < -0.39 is 11.9 Å².